The fourth-order valence-corrected chi connectivity index (χ4v) is 3.26. The molecule has 0 aliphatic carbocycles. The van der Waals surface area contributed by atoms with Gasteiger partial charge in [-0.25, -0.2) is 0 Å². The topological polar surface area (TPSA) is 63.1 Å². The average Bonchev–Trinajstić information content (AvgIpc) is 2.69. The molecule has 3 N–H and O–H groups in total. The molecule has 2 aromatic carbocycles. The van der Waals surface area contributed by atoms with Crippen molar-refractivity contribution in [2.24, 2.45) is 5.92 Å². The third kappa shape index (κ3) is 8.80. The van der Waals surface area contributed by atoms with E-state index < -0.39 is 6.10 Å². The van der Waals surface area contributed by atoms with Gasteiger partial charge in [0.1, 0.15) is 36.8 Å². The highest BCUT2D eigenvalue weighted by Gasteiger charge is 2.13. The Hall–Kier alpha value is -2.17. The third-order valence-electron chi connectivity index (χ3n) is 5.04. The van der Waals surface area contributed by atoms with E-state index in [-0.39, 0.29) is 12.4 Å². The van der Waals surface area contributed by atoms with Crippen LogP contribution in [0.25, 0.3) is 0 Å². The number of nitrogens with two attached hydrogens (primary N) is 1. The molecule has 2 atom stereocenters. The van der Waals surface area contributed by atoms with Crippen LogP contribution in [0.5, 0.6) is 5.75 Å². The number of quaternary nitrogens is 1. The van der Waals surface area contributed by atoms with E-state index in [9.17, 15) is 9.90 Å². The van der Waals surface area contributed by atoms with E-state index in [4.69, 9.17) is 4.74 Å². The molecule has 0 aromatic heterocycles. The second kappa shape index (κ2) is 11.7. The van der Waals surface area contributed by atoms with E-state index in [0.29, 0.717) is 24.9 Å². The summed E-state index contributed by atoms with van der Waals surface area (Å²) in [6, 6.07) is 16.8. The van der Waals surface area contributed by atoms with Crippen molar-refractivity contribution < 1.29 is 20.0 Å². The van der Waals surface area contributed by atoms with Crippen molar-refractivity contribution in [2.75, 3.05) is 13.2 Å². The summed E-state index contributed by atoms with van der Waals surface area (Å²) in [6.07, 6.45) is 1.89. The summed E-state index contributed by atoms with van der Waals surface area (Å²) >= 11 is 0. The van der Waals surface area contributed by atoms with E-state index >= 15 is 0 Å². The predicted molar refractivity (Wildman–Crippen MR) is 117 cm³/mol. The van der Waals surface area contributed by atoms with E-state index in [1.807, 2.05) is 24.3 Å². The molecular formula is C25H36NO3+. The lowest BCUT2D eigenvalue weighted by Crippen LogP contribution is -2.87. The second-order valence-electron chi connectivity index (χ2n) is 8.41. The smallest absolute Gasteiger partial charge is 0.137 e. The molecule has 0 spiro atoms. The Labute approximate surface area is 175 Å². The number of Topliss-reactive ketones (excluding diaryl/α,β-unsaturated/α-hetero) is 1. The van der Waals surface area contributed by atoms with Crippen LogP contribution in [0.2, 0.25) is 0 Å². The van der Waals surface area contributed by atoms with E-state index in [1.165, 1.54) is 11.1 Å². The molecule has 4 heteroatoms. The van der Waals surface area contributed by atoms with Crippen LogP contribution >= 0.6 is 0 Å². The lowest BCUT2D eigenvalue weighted by atomic mass is 10.00. The molecule has 0 aliphatic rings. The summed E-state index contributed by atoms with van der Waals surface area (Å²) in [4.78, 5) is 11.1. The summed E-state index contributed by atoms with van der Waals surface area (Å²) in [5.74, 6) is 1.60. The first-order valence-electron chi connectivity index (χ1n) is 10.6. The van der Waals surface area contributed by atoms with Crippen LogP contribution in [-0.2, 0) is 17.6 Å². The molecule has 4 nitrogen and oxygen atoms in total. The molecule has 2 rings (SSSR count). The monoisotopic (exact) mass is 398 g/mol. The van der Waals surface area contributed by atoms with Gasteiger partial charge in [-0.05, 0) is 55.9 Å². The van der Waals surface area contributed by atoms with Gasteiger partial charge in [0, 0.05) is 12.0 Å². The molecule has 0 aliphatic heterocycles. The number of aryl methyl sites for hydroxylation is 1. The van der Waals surface area contributed by atoms with Crippen molar-refractivity contribution in [3.05, 3.63) is 65.2 Å². The highest BCUT2D eigenvalue weighted by molar-refractivity contribution is 5.75. The Balaban J connectivity index is 1.72. The number of carbonyl (C=O) groups is 1. The molecule has 0 unspecified atom stereocenters. The van der Waals surface area contributed by atoms with Gasteiger partial charge in [-0.1, -0.05) is 50.2 Å². The van der Waals surface area contributed by atoms with Gasteiger partial charge in [-0.2, -0.15) is 0 Å². The number of aliphatic hydroxyl groups excluding tert-OH is 1. The fourth-order valence-electron chi connectivity index (χ4n) is 3.26. The zero-order valence-electron chi connectivity index (χ0n) is 18.2. The molecule has 0 heterocycles. The van der Waals surface area contributed by atoms with Crippen molar-refractivity contribution in [2.45, 2.75) is 59.1 Å². The number of benzene rings is 2. The van der Waals surface area contributed by atoms with Gasteiger partial charge in [-0.3, -0.25) is 0 Å². The number of ether oxygens (including phenoxy) is 1. The van der Waals surface area contributed by atoms with Crippen molar-refractivity contribution in [3.63, 3.8) is 0 Å². The number of hydrogen-bond donors (Lipinski definition) is 2. The Morgan fingerprint density at radius 1 is 1.00 bits per heavy atom. The van der Waals surface area contributed by atoms with E-state index in [1.54, 1.807) is 6.92 Å². The second-order valence-corrected chi connectivity index (χ2v) is 8.41. The van der Waals surface area contributed by atoms with Crippen LogP contribution in [0.15, 0.2) is 48.5 Å². The Morgan fingerprint density at radius 3 is 2.21 bits per heavy atom. The lowest BCUT2D eigenvalue weighted by Gasteiger charge is -2.16. The standard InChI is InChI=1S/C25H35NO3/c1-18(2)15-22-7-11-23(12-8-22)20(4)26-16-24(28)17-29-25-13-9-21(10-14-25)6-5-19(3)27/h7-14,18,20,24,26,28H,5-6,15-17H2,1-4H3/p+1/t20-,24+/m1/s1. The van der Waals surface area contributed by atoms with E-state index in [2.05, 4.69) is 50.4 Å². The molecule has 0 radical (unpaired) electrons. The first-order valence-corrected chi connectivity index (χ1v) is 10.6. The zero-order valence-corrected chi connectivity index (χ0v) is 18.2. The maximum atomic E-state index is 11.1. The quantitative estimate of drug-likeness (QED) is 0.575. The summed E-state index contributed by atoms with van der Waals surface area (Å²) in [5.41, 5.74) is 3.76. The van der Waals surface area contributed by atoms with Crippen molar-refractivity contribution in [1.29, 1.82) is 0 Å². The largest absolute Gasteiger partial charge is 0.491 e. The molecule has 0 fully saturated rings. The maximum Gasteiger partial charge on any atom is 0.137 e. The molecule has 0 amide bonds. The highest BCUT2D eigenvalue weighted by Crippen LogP contribution is 2.15. The minimum Gasteiger partial charge on any atom is -0.491 e. The van der Waals surface area contributed by atoms with Gasteiger partial charge in [-0.15, -0.1) is 0 Å². The van der Waals surface area contributed by atoms with Gasteiger partial charge in [0.05, 0.1) is 0 Å². The summed E-state index contributed by atoms with van der Waals surface area (Å²) < 4.78 is 5.70. The van der Waals surface area contributed by atoms with Gasteiger partial charge in [0.25, 0.3) is 0 Å². The normalized spacial score (nSPS) is 13.3. The fraction of sp³-hybridized carbons (Fsp3) is 0.480. The predicted octanol–water partition coefficient (Wildman–Crippen LogP) is 3.47. The number of ketones is 1. The van der Waals surface area contributed by atoms with Gasteiger partial charge >= 0.3 is 0 Å². The molecular weight excluding hydrogens is 362 g/mol. The van der Waals surface area contributed by atoms with Crippen LogP contribution in [0.1, 0.15) is 56.8 Å². The van der Waals surface area contributed by atoms with Crippen molar-refractivity contribution >= 4 is 5.78 Å². The lowest BCUT2D eigenvalue weighted by molar-refractivity contribution is -0.698. The highest BCUT2D eigenvalue weighted by atomic mass is 16.5. The van der Waals surface area contributed by atoms with Crippen molar-refractivity contribution in [1.82, 2.24) is 0 Å². The Kier molecular flexibility index (Phi) is 9.36. The molecule has 158 valence electrons. The number of aliphatic hydroxyl groups is 1. The minimum absolute atomic E-state index is 0.199. The third-order valence-corrected chi connectivity index (χ3v) is 5.04. The van der Waals surface area contributed by atoms with Gasteiger partial charge < -0.3 is 20.0 Å². The van der Waals surface area contributed by atoms with Crippen LogP contribution in [0.4, 0.5) is 0 Å². The number of hydrogen-bond acceptors (Lipinski definition) is 3. The first kappa shape index (κ1) is 23.1. The maximum absolute atomic E-state index is 11.1. The van der Waals surface area contributed by atoms with Crippen LogP contribution < -0.4 is 10.1 Å². The molecule has 0 saturated carbocycles. The molecule has 29 heavy (non-hydrogen) atoms. The summed E-state index contributed by atoms with van der Waals surface area (Å²) in [7, 11) is 0. The first-order chi connectivity index (χ1) is 13.8. The molecule has 0 bridgehead atoms. The summed E-state index contributed by atoms with van der Waals surface area (Å²) in [6.45, 7) is 9.09. The van der Waals surface area contributed by atoms with Crippen LogP contribution in [0, 0.1) is 5.92 Å². The Bertz CT molecular complexity index is 738. The minimum atomic E-state index is -0.532. The number of carbonyl (C=O) groups excluding carboxylic acids is 1. The average molecular weight is 399 g/mol. The zero-order chi connectivity index (χ0) is 21.2. The van der Waals surface area contributed by atoms with Gasteiger partial charge in [0.15, 0.2) is 0 Å². The van der Waals surface area contributed by atoms with Crippen molar-refractivity contribution in [3.8, 4) is 5.75 Å². The SMILES string of the molecule is CC(=O)CCc1ccc(OC[C@@H](O)C[NH2+][C@H](C)c2ccc(CC(C)C)cc2)cc1. The number of rotatable bonds is 12. The van der Waals surface area contributed by atoms with Gasteiger partial charge in [0.2, 0.25) is 0 Å². The summed E-state index contributed by atoms with van der Waals surface area (Å²) in [5, 5.41) is 12.4. The van der Waals surface area contributed by atoms with E-state index in [0.717, 1.165) is 24.2 Å². The Morgan fingerprint density at radius 2 is 1.62 bits per heavy atom. The van der Waals surface area contributed by atoms with Crippen LogP contribution in [0.3, 0.4) is 0 Å². The van der Waals surface area contributed by atoms with Crippen LogP contribution in [-0.4, -0.2) is 30.1 Å². The molecule has 0 saturated heterocycles. The molecule has 2 aromatic rings.